The van der Waals surface area contributed by atoms with Gasteiger partial charge in [0.2, 0.25) is 0 Å². The average molecular weight is 334 g/mol. The van der Waals surface area contributed by atoms with Crippen LogP contribution in [0.3, 0.4) is 0 Å². The molecule has 0 fully saturated rings. The van der Waals surface area contributed by atoms with E-state index in [0.29, 0.717) is 5.52 Å². The summed E-state index contributed by atoms with van der Waals surface area (Å²) in [5, 5.41) is 0.937. The molecule has 25 heavy (non-hydrogen) atoms. The van der Waals surface area contributed by atoms with Gasteiger partial charge in [0, 0.05) is 18.1 Å². The average Bonchev–Trinajstić information content (AvgIpc) is 2.67. The summed E-state index contributed by atoms with van der Waals surface area (Å²) in [5.74, 6) is -0.923. The second-order valence-corrected chi connectivity index (χ2v) is 5.67. The number of nitrogens with zero attached hydrogens (tertiary/aromatic N) is 2. The van der Waals surface area contributed by atoms with Crippen molar-refractivity contribution in [1.29, 1.82) is 0 Å². The minimum atomic E-state index is -0.911. The van der Waals surface area contributed by atoms with Crippen molar-refractivity contribution >= 4 is 28.5 Å². The van der Waals surface area contributed by atoms with Gasteiger partial charge < -0.3 is 9.64 Å². The second kappa shape index (κ2) is 7.13. The number of aromatic nitrogens is 1. The first kappa shape index (κ1) is 16.6. The molecule has 0 N–H and O–H groups in total. The molecule has 1 aromatic heterocycles. The van der Waals surface area contributed by atoms with Crippen LogP contribution in [-0.4, -0.2) is 30.0 Å². The number of pyridine rings is 1. The lowest BCUT2D eigenvalue weighted by atomic mass is 10.2. The molecule has 1 heterocycles. The number of likely N-dealkylation sites (N-methyl/N-ethyl adjacent to an activating group) is 1. The number of anilines is 1. The minimum absolute atomic E-state index is 0.181. The van der Waals surface area contributed by atoms with Crippen molar-refractivity contribution in [1.82, 2.24) is 4.98 Å². The molecule has 0 radical (unpaired) electrons. The van der Waals surface area contributed by atoms with Gasteiger partial charge in [-0.15, -0.1) is 0 Å². The van der Waals surface area contributed by atoms with Crippen LogP contribution in [0.2, 0.25) is 0 Å². The molecule has 3 aromatic rings. The quantitative estimate of drug-likeness (QED) is 0.686. The Morgan fingerprint density at radius 2 is 1.64 bits per heavy atom. The lowest BCUT2D eigenvalue weighted by Gasteiger charge is -2.21. The van der Waals surface area contributed by atoms with Gasteiger partial charge >= 0.3 is 5.97 Å². The molecule has 1 amide bonds. The van der Waals surface area contributed by atoms with Crippen molar-refractivity contribution in [3.63, 3.8) is 0 Å². The molecule has 3 rings (SSSR count). The standard InChI is InChI=1S/C20H18N2O3/c1-14(19(23)22(2)16-9-4-3-5-10-16)25-20(24)18-13-12-15-8-6-7-11-17(15)21-18/h3-14H,1-2H3/t14-/m1/s1. The molecule has 0 aliphatic rings. The molecule has 0 aliphatic heterocycles. The Bertz CT molecular complexity index is 909. The van der Waals surface area contributed by atoms with Gasteiger partial charge in [-0.05, 0) is 31.2 Å². The van der Waals surface area contributed by atoms with Crippen LogP contribution in [0.1, 0.15) is 17.4 Å². The number of amides is 1. The Balaban J connectivity index is 1.71. The highest BCUT2D eigenvalue weighted by Crippen LogP contribution is 2.15. The third-order valence-electron chi connectivity index (χ3n) is 3.91. The Labute approximate surface area is 145 Å². The van der Waals surface area contributed by atoms with Gasteiger partial charge in [-0.25, -0.2) is 9.78 Å². The van der Waals surface area contributed by atoms with Gasteiger partial charge in [-0.3, -0.25) is 4.79 Å². The Morgan fingerprint density at radius 1 is 0.960 bits per heavy atom. The van der Waals surface area contributed by atoms with Gasteiger partial charge in [-0.2, -0.15) is 0 Å². The highest BCUT2D eigenvalue weighted by molar-refractivity contribution is 5.98. The number of benzene rings is 2. The molecule has 1 atom stereocenters. The van der Waals surface area contributed by atoms with Crippen molar-refractivity contribution in [2.24, 2.45) is 0 Å². The van der Waals surface area contributed by atoms with E-state index in [2.05, 4.69) is 4.98 Å². The third kappa shape index (κ3) is 3.66. The van der Waals surface area contributed by atoms with Crippen molar-refractivity contribution in [2.75, 3.05) is 11.9 Å². The van der Waals surface area contributed by atoms with Crippen LogP contribution in [-0.2, 0) is 9.53 Å². The number of carbonyl (C=O) groups excluding carboxylic acids is 2. The number of fused-ring (bicyclic) bond motifs is 1. The maximum atomic E-state index is 12.5. The number of para-hydroxylation sites is 2. The summed E-state index contributed by atoms with van der Waals surface area (Å²) < 4.78 is 5.30. The van der Waals surface area contributed by atoms with E-state index in [4.69, 9.17) is 4.74 Å². The largest absolute Gasteiger partial charge is 0.448 e. The van der Waals surface area contributed by atoms with Crippen molar-refractivity contribution in [2.45, 2.75) is 13.0 Å². The van der Waals surface area contributed by atoms with E-state index in [9.17, 15) is 9.59 Å². The van der Waals surface area contributed by atoms with E-state index in [1.807, 2.05) is 60.7 Å². The van der Waals surface area contributed by atoms with Gasteiger partial charge in [0.25, 0.3) is 5.91 Å². The minimum Gasteiger partial charge on any atom is -0.448 e. The van der Waals surface area contributed by atoms with Crippen LogP contribution in [0.4, 0.5) is 5.69 Å². The fourth-order valence-electron chi connectivity index (χ4n) is 2.50. The molecule has 126 valence electrons. The van der Waals surface area contributed by atoms with Gasteiger partial charge in [0.15, 0.2) is 6.10 Å². The zero-order valence-electron chi connectivity index (χ0n) is 14.0. The maximum Gasteiger partial charge on any atom is 0.357 e. The monoisotopic (exact) mass is 334 g/mol. The van der Waals surface area contributed by atoms with E-state index >= 15 is 0 Å². The van der Waals surface area contributed by atoms with Crippen LogP contribution in [0.15, 0.2) is 66.7 Å². The van der Waals surface area contributed by atoms with E-state index < -0.39 is 12.1 Å². The Kier molecular flexibility index (Phi) is 4.75. The van der Waals surface area contributed by atoms with Crippen LogP contribution in [0, 0.1) is 0 Å². The highest BCUT2D eigenvalue weighted by atomic mass is 16.5. The smallest absolute Gasteiger partial charge is 0.357 e. The molecule has 2 aromatic carbocycles. The zero-order valence-corrected chi connectivity index (χ0v) is 14.0. The Morgan fingerprint density at radius 3 is 2.40 bits per heavy atom. The Hall–Kier alpha value is -3.21. The van der Waals surface area contributed by atoms with E-state index in [0.717, 1.165) is 11.1 Å². The predicted octanol–water partition coefficient (Wildman–Crippen LogP) is 3.44. The molecule has 0 saturated heterocycles. The number of esters is 1. The number of rotatable bonds is 4. The lowest BCUT2D eigenvalue weighted by Crippen LogP contribution is -2.37. The van der Waals surface area contributed by atoms with Crippen molar-refractivity contribution < 1.29 is 14.3 Å². The van der Waals surface area contributed by atoms with E-state index in [-0.39, 0.29) is 11.6 Å². The molecule has 0 aliphatic carbocycles. The molecular weight excluding hydrogens is 316 g/mol. The number of ether oxygens (including phenoxy) is 1. The normalized spacial score (nSPS) is 11.8. The first-order chi connectivity index (χ1) is 12.1. The topological polar surface area (TPSA) is 59.5 Å². The van der Waals surface area contributed by atoms with Crippen LogP contribution in [0.25, 0.3) is 10.9 Å². The molecule has 0 unspecified atom stereocenters. The number of hydrogen-bond acceptors (Lipinski definition) is 4. The van der Waals surface area contributed by atoms with E-state index in [1.54, 1.807) is 20.0 Å². The molecule has 0 spiro atoms. The molecule has 0 saturated carbocycles. The maximum absolute atomic E-state index is 12.5. The molecule has 0 bridgehead atoms. The zero-order chi connectivity index (χ0) is 17.8. The lowest BCUT2D eigenvalue weighted by molar-refractivity contribution is -0.126. The summed E-state index contributed by atoms with van der Waals surface area (Å²) in [6.07, 6.45) is -0.911. The number of hydrogen-bond donors (Lipinski definition) is 0. The summed E-state index contributed by atoms with van der Waals surface area (Å²) in [6, 6.07) is 20.1. The van der Waals surface area contributed by atoms with Gasteiger partial charge in [0.1, 0.15) is 5.69 Å². The third-order valence-corrected chi connectivity index (χ3v) is 3.91. The molecular formula is C20H18N2O3. The fourth-order valence-corrected chi connectivity index (χ4v) is 2.50. The van der Waals surface area contributed by atoms with Gasteiger partial charge in [-0.1, -0.05) is 42.5 Å². The summed E-state index contributed by atoms with van der Waals surface area (Å²) in [6.45, 7) is 1.56. The SMILES string of the molecule is C[C@@H](OC(=O)c1ccc2ccccc2n1)C(=O)N(C)c1ccccc1. The van der Waals surface area contributed by atoms with Crippen molar-refractivity contribution in [3.05, 3.63) is 72.4 Å². The number of carbonyl (C=O) groups is 2. The molecule has 5 heteroatoms. The summed E-state index contributed by atoms with van der Waals surface area (Å²) in [5.41, 5.74) is 1.62. The van der Waals surface area contributed by atoms with Gasteiger partial charge in [0.05, 0.1) is 5.52 Å². The highest BCUT2D eigenvalue weighted by Gasteiger charge is 2.23. The summed E-state index contributed by atoms with van der Waals surface area (Å²) >= 11 is 0. The van der Waals surface area contributed by atoms with Crippen molar-refractivity contribution in [3.8, 4) is 0 Å². The second-order valence-electron chi connectivity index (χ2n) is 5.67. The first-order valence-electron chi connectivity index (χ1n) is 7.95. The van der Waals surface area contributed by atoms with E-state index in [1.165, 1.54) is 4.90 Å². The summed E-state index contributed by atoms with van der Waals surface area (Å²) in [4.78, 5) is 30.5. The van der Waals surface area contributed by atoms with Crippen LogP contribution >= 0.6 is 0 Å². The first-order valence-corrected chi connectivity index (χ1v) is 7.95. The van der Waals surface area contributed by atoms with Crippen LogP contribution in [0.5, 0.6) is 0 Å². The summed E-state index contributed by atoms with van der Waals surface area (Å²) in [7, 11) is 1.65. The fraction of sp³-hybridized carbons (Fsp3) is 0.150. The van der Waals surface area contributed by atoms with Crippen LogP contribution < -0.4 is 4.90 Å². The molecule has 5 nitrogen and oxygen atoms in total. The predicted molar refractivity (Wildman–Crippen MR) is 96.5 cm³/mol.